The molecule has 2 atom stereocenters. The summed E-state index contributed by atoms with van der Waals surface area (Å²) in [4.78, 5) is 0. The summed E-state index contributed by atoms with van der Waals surface area (Å²) in [6.45, 7) is 4.29. The Morgan fingerprint density at radius 2 is 2.38 bits per heavy atom. The van der Waals surface area contributed by atoms with Crippen LogP contribution in [0.1, 0.15) is 31.9 Å². The van der Waals surface area contributed by atoms with Crippen molar-refractivity contribution in [3.8, 4) is 0 Å². The van der Waals surface area contributed by atoms with Gasteiger partial charge in [0.05, 0.1) is 19.1 Å². The van der Waals surface area contributed by atoms with Gasteiger partial charge >= 0.3 is 0 Å². The lowest BCUT2D eigenvalue weighted by molar-refractivity contribution is 0.230. The summed E-state index contributed by atoms with van der Waals surface area (Å²) in [7, 11) is 0. The molecular formula is C10H17NO2. The Hall–Kier alpha value is -0.800. The highest BCUT2D eigenvalue weighted by molar-refractivity contribution is 5.10. The zero-order valence-corrected chi connectivity index (χ0v) is 8.16. The van der Waals surface area contributed by atoms with Crippen molar-refractivity contribution >= 4 is 0 Å². The quantitative estimate of drug-likeness (QED) is 0.730. The van der Waals surface area contributed by atoms with E-state index in [1.165, 1.54) is 0 Å². The van der Waals surface area contributed by atoms with Crippen LogP contribution in [0.25, 0.3) is 0 Å². The van der Waals surface area contributed by atoms with Crippen LogP contribution in [0, 0.1) is 0 Å². The molecule has 0 saturated carbocycles. The van der Waals surface area contributed by atoms with Crippen molar-refractivity contribution in [2.24, 2.45) is 0 Å². The summed E-state index contributed by atoms with van der Waals surface area (Å²) < 4.78 is 4.98. The number of aliphatic hydroxyl groups excluding tert-OH is 1. The predicted molar refractivity (Wildman–Crippen MR) is 51.4 cm³/mol. The molecule has 1 aromatic heterocycles. The van der Waals surface area contributed by atoms with E-state index in [9.17, 15) is 0 Å². The largest absolute Gasteiger partial charge is 0.472 e. The molecule has 1 rings (SSSR count). The topological polar surface area (TPSA) is 45.4 Å². The monoisotopic (exact) mass is 183 g/mol. The van der Waals surface area contributed by atoms with Crippen LogP contribution in [0.3, 0.4) is 0 Å². The SMILES string of the molecule is CC[C@H](CO)NC(C)c1ccoc1. The summed E-state index contributed by atoms with van der Waals surface area (Å²) in [5.74, 6) is 0. The van der Waals surface area contributed by atoms with Gasteiger partial charge in [-0.25, -0.2) is 0 Å². The van der Waals surface area contributed by atoms with E-state index in [1.807, 2.05) is 6.07 Å². The van der Waals surface area contributed by atoms with Gasteiger partial charge in [0.2, 0.25) is 0 Å². The van der Waals surface area contributed by atoms with E-state index in [0.717, 1.165) is 12.0 Å². The van der Waals surface area contributed by atoms with Crippen LogP contribution < -0.4 is 5.32 Å². The van der Waals surface area contributed by atoms with Gasteiger partial charge in [-0.05, 0) is 19.4 Å². The van der Waals surface area contributed by atoms with Crippen LogP contribution in [0.4, 0.5) is 0 Å². The first kappa shape index (κ1) is 10.3. The molecule has 1 heterocycles. The van der Waals surface area contributed by atoms with Gasteiger partial charge < -0.3 is 14.8 Å². The zero-order chi connectivity index (χ0) is 9.68. The van der Waals surface area contributed by atoms with E-state index >= 15 is 0 Å². The average molecular weight is 183 g/mol. The van der Waals surface area contributed by atoms with Gasteiger partial charge in [0.15, 0.2) is 0 Å². The highest BCUT2D eigenvalue weighted by Gasteiger charge is 2.11. The minimum atomic E-state index is 0.171. The molecule has 2 N–H and O–H groups in total. The zero-order valence-electron chi connectivity index (χ0n) is 8.16. The van der Waals surface area contributed by atoms with Gasteiger partial charge in [0.1, 0.15) is 0 Å². The van der Waals surface area contributed by atoms with Crippen molar-refractivity contribution in [1.82, 2.24) is 5.32 Å². The lowest BCUT2D eigenvalue weighted by atomic mass is 10.1. The lowest BCUT2D eigenvalue weighted by Gasteiger charge is -2.19. The third kappa shape index (κ3) is 2.86. The smallest absolute Gasteiger partial charge is 0.0950 e. The minimum Gasteiger partial charge on any atom is -0.472 e. The first-order chi connectivity index (χ1) is 6.27. The Balaban J connectivity index is 2.45. The van der Waals surface area contributed by atoms with Crippen LogP contribution in [0.5, 0.6) is 0 Å². The van der Waals surface area contributed by atoms with Gasteiger partial charge in [-0.3, -0.25) is 0 Å². The molecule has 0 bridgehead atoms. The fraction of sp³-hybridized carbons (Fsp3) is 0.600. The maximum absolute atomic E-state index is 8.99. The van der Waals surface area contributed by atoms with Crippen LogP contribution in [-0.4, -0.2) is 17.8 Å². The van der Waals surface area contributed by atoms with Crippen LogP contribution in [0.15, 0.2) is 23.0 Å². The number of hydrogen-bond acceptors (Lipinski definition) is 3. The molecule has 0 radical (unpaired) electrons. The number of rotatable bonds is 5. The molecule has 3 nitrogen and oxygen atoms in total. The first-order valence-electron chi connectivity index (χ1n) is 4.67. The predicted octanol–water partition coefficient (Wildman–Crippen LogP) is 1.70. The molecule has 0 fully saturated rings. The summed E-state index contributed by atoms with van der Waals surface area (Å²) in [6, 6.07) is 2.34. The second-order valence-corrected chi connectivity index (χ2v) is 3.23. The second kappa shape index (κ2) is 5.04. The molecule has 1 aromatic rings. The number of nitrogens with one attached hydrogen (secondary N) is 1. The van der Waals surface area contributed by atoms with E-state index in [1.54, 1.807) is 12.5 Å². The van der Waals surface area contributed by atoms with E-state index in [2.05, 4.69) is 19.2 Å². The van der Waals surface area contributed by atoms with E-state index in [-0.39, 0.29) is 18.7 Å². The Labute approximate surface area is 78.8 Å². The molecule has 0 aliphatic carbocycles. The Kier molecular flexibility index (Phi) is 3.99. The fourth-order valence-electron chi connectivity index (χ4n) is 1.27. The number of furan rings is 1. The maximum Gasteiger partial charge on any atom is 0.0950 e. The molecule has 0 amide bonds. The maximum atomic E-state index is 8.99. The minimum absolute atomic E-state index is 0.171. The third-order valence-electron chi connectivity index (χ3n) is 2.24. The molecule has 74 valence electrons. The van der Waals surface area contributed by atoms with E-state index < -0.39 is 0 Å². The normalized spacial score (nSPS) is 15.6. The Bertz CT molecular complexity index is 217. The molecule has 0 saturated heterocycles. The highest BCUT2D eigenvalue weighted by Crippen LogP contribution is 2.13. The summed E-state index contributed by atoms with van der Waals surface area (Å²) in [5, 5.41) is 12.3. The standard InChI is InChI=1S/C10H17NO2/c1-3-10(6-12)11-8(2)9-4-5-13-7-9/h4-5,7-8,10-12H,3,6H2,1-2H3/t8?,10-/m1/s1. The lowest BCUT2D eigenvalue weighted by Crippen LogP contribution is -2.33. The van der Waals surface area contributed by atoms with Crippen molar-refractivity contribution in [3.63, 3.8) is 0 Å². The number of aliphatic hydroxyl groups is 1. The molecule has 13 heavy (non-hydrogen) atoms. The van der Waals surface area contributed by atoms with Crippen molar-refractivity contribution in [3.05, 3.63) is 24.2 Å². The van der Waals surface area contributed by atoms with Gasteiger partial charge in [0, 0.05) is 17.6 Å². The molecule has 0 aliphatic heterocycles. The third-order valence-corrected chi connectivity index (χ3v) is 2.24. The van der Waals surface area contributed by atoms with E-state index in [0.29, 0.717) is 0 Å². The second-order valence-electron chi connectivity index (χ2n) is 3.23. The molecule has 3 heteroatoms. The fourth-order valence-corrected chi connectivity index (χ4v) is 1.27. The van der Waals surface area contributed by atoms with Crippen molar-refractivity contribution in [2.45, 2.75) is 32.4 Å². The summed E-state index contributed by atoms with van der Waals surface area (Å²) in [6.07, 6.45) is 4.31. The molecular weight excluding hydrogens is 166 g/mol. The summed E-state index contributed by atoms with van der Waals surface area (Å²) >= 11 is 0. The molecule has 0 spiro atoms. The van der Waals surface area contributed by atoms with Gasteiger partial charge in [-0.2, -0.15) is 0 Å². The van der Waals surface area contributed by atoms with Gasteiger partial charge in [-0.15, -0.1) is 0 Å². The average Bonchev–Trinajstić information content (AvgIpc) is 2.66. The molecule has 0 aromatic carbocycles. The van der Waals surface area contributed by atoms with Gasteiger partial charge in [0.25, 0.3) is 0 Å². The molecule has 0 aliphatic rings. The van der Waals surface area contributed by atoms with Gasteiger partial charge in [-0.1, -0.05) is 6.92 Å². The Morgan fingerprint density at radius 3 is 2.85 bits per heavy atom. The van der Waals surface area contributed by atoms with Crippen LogP contribution in [0.2, 0.25) is 0 Å². The number of hydrogen-bond donors (Lipinski definition) is 2. The first-order valence-corrected chi connectivity index (χ1v) is 4.67. The van der Waals surface area contributed by atoms with Crippen LogP contribution >= 0.6 is 0 Å². The van der Waals surface area contributed by atoms with Crippen molar-refractivity contribution in [1.29, 1.82) is 0 Å². The summed E-state index contributed by atoms with van der Waals surface area (Å²) in [5.41, 5.74) is 1.12. The van der Waals surface area contributed by atoms with Crippen molar-refractivity contribution in [2.75, 3.05) is 6.61 Å². The molecule has 1 unspecified atom stereocenters. The highest BCUT2D eigenvalue weighted by atomic mass is 16.3. The van der Waals surface area contributed by atoms with Crippen molar-refractivity contribution < 1.29 is 9.52 Å². The van der Waals surface area contributed by atoms with E-state index in [4.69, 9.17) is 9.52 Å². The Morgan fingerprint density at radius 1 is 1.62 bits per heavy atom. The van der Waals surface area contributed by atoms with Crippen LogP contribution in [-0.2, 0) is 0 Å².